The number of aromatic hydroxyl groups is 1. The Kier molecular flexibility index (Phi) is 5.61. The first-order chi connectivity index (χ1) is 12.7. The van der Waals surface area contributed by atoms with Crippen molar-refractivity contribution < 1.29 is 18.3 Å². The average molecular weight is 408 g/mol. The van der Waals surface area contributed by atoms with Crippen LogP contribution in [0.1, 0.15) is 30.3 Å². The summed E-state index contributed by atoms with van der Waals surface area (Å²) in [5.74, 6) is 0.0253. The van der Waals surface area contributed by atoms with Gasteiger partial charge in [-0.05, 0) is 50.5 Å². The van der Waals surface area contributed by atoms with Crippen LogP contribution >= 0.6 is 11.3 Å². The maximum atomic E-state index is 12.0. The standard InChI is InChI=1S/C18H21N3O4S2/c1-11-17(26-18(19-11)14-3-5-15(22)6-4-14)12(2)20-21-16(23)9-13-7-8-27(24,25)10-13/h3-6,13,22H,7-10H2,1-2H3,(H,21,23)/b20-12+/t13-/m1/s1. The van der Waals surface area contributed by atoms with Crippen LogP contribution in [0, 0.1) is 12.8 Å². The fourth-order valence-electron chi connectivity index (χ4n) is 3.00. The largest absolute Gasteiger partial charge is 0.508 e. The quantitative estimate of drug-likeness (QED) is 0.585. The number of hydrazone groups is 1. The van der Waals surface area contributed by atoms with Crippen LogP contribution in [0.15, 0.2) is 29.4 Å². The van der Waals surface area contributed by atoms with Crippen molar-refractivity contribution in [2.45, 2.75) is 26.7 Å². The molecule has 27 heavy (non-hydrogen) atoms. The summed E-state index contributed by atoms with van der Waals surface area (Å²) in [4.78, 5) is 17.4. The zero-order valence-corrected chi connectivity index (χ0v) is 16.7. The zero-order valence-electron chi connectivity index (χ0n) is 15.1. The van der Waals surface area contributed by atoms with E-state index in [1.807, 2.05) is 6.92 Å². The monoisotopic (exact) mass is 407 g/mol. The first kappa shape index (κ1) is 19.5. The number of phenols is 1. The number of benzene rings is 1. The van der Waals surface area contributed by atoms with Gasteiger partial charge in [0.15, 0.2) is 9.84 Å². The highest BCUT2D eigenvalue weighted by atomic mass is 32.2. The number of aromatic nitrogens is 1. The number of sulfone groups is 1. The van der Waals surface area contributed by atoms with Crippen LogP contribution in [-0.2, 0) is 14.6 Å². The second-order valence-electron chi connectivity index (χ2n) is 6.69. The van der Waals surface area contributed by atoms with Crippen molar-refractivity contribution in [1.82, 2.24) is 10.4 Å². The Morgan fingerprint density at radius 1 is 1.37 bits per heavy atom. The lowest BCUT2D eigenvalue weighted by molar-refractivity contribution is -0.121. The summed E-state index contributed by atoms with van der Waals surface area (Å²) in [6, 6.07) is 6.80. The predicted molar refractivity (Wildman–Crippen MR) is 106 cm³/mol. The summed E-state index contributed by atoms with van der Waals surface area (Å²) in [6.45, 7) is 3.67. The lowest BCUT2D eigenvalue weighted by Crippen LogP contribution is -2.22. The van der Waals surface area contributed by atoms with E-state index in [2.05, 4.69) is 15.5 Å². The number of thiazole rings is 1. The number of hydrogen-bond donors (Lipinski definition) is 2. The van der Waals surface area contributed by atoms with Gasteiger partial charge in [-0.1, -0.05) is 0 Å². The summed E-state index contributed by atoms with van der Waals surface area (Å²) in [6.07, 6.45) is 0.693. The second-order valence-corrected chi connectivity index (χ2v) is 9.91. The molecule has 1 fully saturated rings. The van der Waals surface area contributed by atoms with Crippen molar-refractivity contribution in [1.29, 1.82) is 0 Å². The molecule has 0 aliphatic carbocycles. The first-order valence-electron chi connectivity index (χ1n) is 8.54. The molecular weight excluding hydrogens is 386 g/mol. The summed E-state index contributed by atoms with van der Waals surface area (Å²) in [7, 11) is -2.99. The zero-order chi connectivity index (χ0) is 19.6. The molecule has 0 spiro atoms. The smallest absolute Gasteiger partial charge is 0.240 e. The van der Waals surface area contributed by atoms with Crippen LogP contribution in [0.5, 0.6) is 5.75 Å². The molecule has 9 heteroatoms. The van der Waals surface area contributed by atoms with Crippen LogP contribution in [0.3, 0.4) is 0 Å². The molecule has 1 aromatic heterocycles. The van der Waals surface area contributed by atoms with Crippen molar-refractivity contribution in [3.8, 4) is 16.3 Å². The van der Waals surface area contributed by atoms with Crippen LogP contribution < -0.4 is 5.43 Å². The minimum atomic E-state index is -2.99. The highest BCUT2D eigenvalue weighted by Gasteiger charge is 2.29. The Morgan fingerprint density at radius 2 is 2.07 bits per heavy atom. The van der Waals surface area contributed by atoms with Gasteiger partial charge in [-0.15, -0.1) is 11.3 Å². The number of nitrogens with one attached hydrogen (secondary N) is 1. The summed E-state index contributed by atoms with van der Waals surface area (Å²) < 4.78 is 22.9. The van der Waals surface area contributed by atoms with Gasteiger partial charge >= 0.3 is 0 Å². The maximum absolute atomic E-state index is 12.0. The van der Waals surface area contributed by atoms with Crippen LogP contribution in [0.2, 0.25) is 0 Å². The van der Waals surface area contributed by atoms with E-state index in [0.717, 1.165) is 21.1 Å². The van der Waals surface area contributed by atoms with Gasteiger partial charge in [0, 0.05) is 12.0 Å². The third kappa shape index (κ3) is 4.92. The molecule has 1 saturated heterocycles. The molecule has 2 aromatic rings. The molecule has 0 saturated carbocycles. The number of carbonyl (C=O) groups excluding carboxylic acids is 1. The number of nitrogens with zero attached hydrogens (tertiary/aromatic N) is 2. The van der Waals surface area contributed by atoms with E-state index < -0.39 is 9.84 Å². The van der Waals surface area contributed by atoms with Crippen LogP contribution in [-0.4, -0.2) is 41.6 Å². The lowest BCUT2D eigenvalue weighted by Gasteiger charge is -2.06. The third-order valence-corrected chi connectivity index (χ3v) is 7.54. The molecule has 1 aromatic carbocycles. The van der Waals surface area contributed by atoms with Gasteiger partial charge in [0.1, 0.15) is 10.8 Å². The average Bonchev–Trinajstić information content (AvgIpc) is 3.15. The van der Waals surface area contributed by atoms with Crippen molar-refractivity contribution >= 4 is 32.8 Å². The first-order valence-corrected chi connectivity index (χ1v) is 11.2. The van der Waals surface area contributed by atoms with E-state index in [1.54, 1.807) is 31.2 Å². The van der Waals surface area contributed by atoms with Gasteiger partial charge in [-0.3, -0.25) is 4.79 Å². The summed E-state index contributed by atoms with van der Waals surface area (Å²) in [5, 5.41) is 14.4. The fourth-order valence-corrected chi connectivity index (χ4v) is 5.88. The number of hydrogen-bond acceptors (Lipinski definition) is 7. The number of rotatable bonds is 5. The SMILES string of the molecule is C/C(=N\NC(=O)C[C@H]1CCS(=O)(=O)C1)c1sc(-c2ccc(O)cc2)nc1C. The number of aryl methyl sites for hydroxylation is 1. The van der Waals surface area contributed by atoms with Gasteiger partial charge in [0.2, 0.25) is 5.91 Å². The minimum absolute atomic E-state index is 0.0764. The number of amides is 1. The highest BCUT2D eigenvalue weighted by Crippen LogP contribution is 2.29. The third-order valence-electron chi connectivity index (χ3n) is 4.39. The molecule has 0 bridgehead atoms. The Labute approximate surface area is 162 Å². The topological polar surface area (TPSA) is 109 Å². The molecule has 144 valence electrons. The van der Waals surface area contributed by atoms with E-state index in [0.29, 0.717) is 12.1 Å². The van der Waals surface area contributed by atoms with Crippen molar-refractivity contribution in [3.05, 3.63) is 34.8 Å². The molecule has 0 radical (unpaired) electrons. The molecule has 2 heterocycles. The number of phenolic OH excluding ortho intramolecular Hbond substituents is 1. The molecule has 1 aliphatic rings. The van der Waals surface area contributed by atoms with Gasteiger partial charge in [0.05, 0.1) is 27.8 Å². The van der Waals surface area contributed by atoms with Gasteiger partial charge < -0.3 is 5.11 Å². The summed E-state index contributed by atoms with van der Waals surface area (Å²) in [5.41, 5.74) is 4.86. The Hall–Kier alpha value is -2.26. The van der Waals surface area contributed by atoms with Gasteiger partial charge in [-0.25, -0.2) is 18.8 Å². The van der Waals surface area contributed by atoms with E-state index in [4.69, 9.17) is 0 Å². The Bertz CT molecular complexity index is 979. The van der Waals surface area contributed by atoms with E-state index in [1.165, 1.54) is 11.3 Å². The Balaban J connectivity index is 1.65. The van der Waals surface area contributed by atoms with Crippen molar-refractivity contribution in [3.63, 3.8) is 0 Å². The van der Waals surface area contributed by atoms with Gasteiger partial charge in [-0.2, -0.15) is 5.10 Å². The minimum Gasteiger partial charge on any atom is -0.508 e. The van der Waals surface area contributed by atoms with Gasteiger partial charge in [0.25, 0.3) is 0 Å². The molecule has 1 atom stereocenters. The predicted octanol–water partition coefficient (Wildman–Crippen LogP) is 2.49. The van der Waals surface area contributed by atoms with E-state index in [9.17, 15) is 18.3 Å². The van der Waals surface area contributed by atoms with E-state index >= 15 is 0 Å². The molecule has 0 unspecified atom stereocenters. The molecule has 7 nitrogen and oxygen atoms in total. The summed E-state index contributed by atoms with van der Waals surface area (Å²) >= 11 is 1.46. The molecule has 3 rings (SSSR count). The second kappa shape index (κ2) is 7.77. The lowest BCUT2D eigenvalue weighted by atomic mass is 10.1. The highest BCUT2D eigenvalue weighted by molar-refractivity contribution is 7.91. The molecule has 2 N–H and O–H groups in total. The normalized spacial score (nSPS) is 19.2. The maximum Gasteiger partial charge on any atom is 0.240 e. The van der Waals surface area contributed by atoms with Crippen LogP contribution in [0.4, 0.5) is 0 Å². The van der Waals surface area contributed by atoms with Crippen molar-refractivity contribution in [2.75, 3.05) is 11.5 Å². The molecular formula is C18H21N3O4S2. The fraction of sp³-hybridized carbons (Fsp3) is 0.389. The Morgan fingerprint density at radius 3 is 2.70 bits per heavy atom. The van der Waals surface area contributed by atoms with E-state index in [-0.39, 0.29) is 35.5 Å². The number of carbonyl (C=O) groups is 1. The molecule has 1 amide bonds. The van der Waals surface area contributed by atoms with Crippen LogP contribution in [0.25, 0.3) is 10.6 Å². The van der Waals surface area contributed by atoms with Crippen molar-refractivity contribution in [2.24, 2.45) is 11.0 Å². The molecule has 1 aliphatic heterocycles.